The quantitative estimate of drug-likeness (QED) is 0.783. The summed E-state index contributed by atoms with van der Waals surface area (Å²) < 4.78 is 5.45. The number of aromatic nitrogens is 1. The van der Waals surface area contributed by atoms with Gasteiger partial charge in [-0.25, -0.2) is 4.98 Å². The first-order chi connectivity index (χ1) is 10.7. The normalized spacial score (nSPS) is 10.7. The van der Waals surface area contributed by atoms with E-state index in [1.807, 2.05) is 24.3 Å². The summed E-state index contributed by atoms with van der Waals surface area (Å²) in [4.78, 5) is 4.76. The lowest BCUT2D eigenvalue weighted by atomic mass is 10.1. The van der Waals surface area contributed by atoms with Crippen LogP contribution in [0.2, 0.25) is 0 Å². The molecule has 22 heavy (non-hydrogen) atoms. The van der Waals surface area contributed by atoms with Crippen molar-refractivity contribution in [3.63, 3.8) is 0 Å². The van der Waals surface area contributed by atoms with Crippen LogP contribution in [0.3, 0.4) is 0 Å². The number of benzene rings is 2. The van der Waals surface area contributed by atoms with Gasteiger partial charge in [-0.1, -0.05) is 35.9 Å². The predicted molar refractivity (Wildman–Crippen MR) is 92.2 cm³/mol. The van der Waals surface area contributed by atoms with Gasteiger partial charge in [-0.05, 0) is 24.6 Å². The maximum absolute atomic E-state index is 5.64. The Hall–Kier alpha value is -2.17. The van der Waals surface area contributed by atoms with E-state index >= 15 is 0 Å². The zero-order chi connectivity index (χ0) is 15.5. The molecular weight excluding hydrogens is 292 g/mol. The van der Waals surface area contributed by atoms with Gasteiger partial charge in [-0.3, -0.25) is 0 Å². The van der Waals surface area contributed by atoms with Crippen LogP contribution in [0.4, 0.5) is 0 Å². The summed E-state index contributed by atoms with van der Waals surface area (Å²) in [5.74, 6) is 0.848. The molecule has 0 amide bonds. The maximum Gasteiger partial charge on any atom is 0.128 e. The summed E-state index contributed by atoms with van der Waals surface area (Å²) in [5.41, 5.74) is 11.0. The van der Waals surface area contributed by atoms with E-state index in [9.17, 15) is 0 Å². The number of nitrogens with zero attached hydrogens (tertiary/aromatic N) is 1. The third kappa shape index (κ3) is 2.89. The fraction of sp³-hybridized carbons (Fsp3) is 0.167. The monoisotopic (exact) mass is 310 g/mol. The maximum atomic E-state index is 5.64. The number of ether oxygens (including phenoxy) is 1. The van der Waals surface area contributed by atoms with Crippen molar-refractivity contribution in [2.45, 2.75) is 13.5 Å². The fourth-order valence-electron chi connectivity index (χ4n) is 2.34. The highest BCUT2D eigenvalue weighted by Gasteiger charge is 2.11. The van der Waals surface area contributed by atoms with Crippen molar-refractivity contribution in [3.05, 3.63) is 59.0 Å². The Morgan fingerprint density at radius 3 is 2.59 bits per heavy atom. The standard InChI is InChI=1S/C18H18N2OS/c1-12-3-8-17(21-2)15(9-12)16-11-22-18(20-16)14-6-4-13(10-19)5-7-14/h3-9,11H,10,19H2,1-2H3. The molecule has 0 spiro atoms. The summed E-state index contributed by atoms with van der Waals surface area (Å²) in [5, 5.41) is 3.07. The van der Waals surface area contributed by atoms with Gasteiger partial charge in [0.25, 0.3) is 0 Å². The average Bonchev–Trinajstić information content (AvgIpc) is 3.04. The van der Waals surface area contributed by atoms with Gasteiger partial charge >= 0.3 is 0 Å². The molecule has 3 aromatic rings. The Kier molecular flexibility index (Phi) is 4.22. The van der Waals surface area contributed by atoms with Gasteiger partial charge in [0.2, 0.25) is 0 Å². The van der Waals surface area contributed by atoms with Gasteiger partial charge in [-0.2, -0.15) is 0 Å². The number of rotatable bonds is 4. The molecule has 0 atom stereocenters. The zero-order valence-electron chi connectivity index (χ0n) is 12.7. The van der Waals surface area contributed by atoms with Gasteiger partial charge < -0.3 is 10.5 Å². The molecule has 3 rings (SSSR count). The van der Waals surface area contributed by atoms with E-state index in [1.54, 1.807) is 18.4 Å². The minimum Gasteiger partial charge on any atom is -0.496 e. The Labute approximate surface area is 134 Å². The molecular formula is C18H18N2OS. The van der Waals surface area contributed by atoms with Gasteiger partial charge in [0.05, 0.1) is 12.8 Å². The van der Waals surface area contributed by atoms with Gasteiger partial charge in [0.1, 0.15) is 10.8 Å². The number of thiazole rings is 1. The van der Waals surface area contributed by atoms with E-state index in [0.29, 0.717) is 6.54 Å². The molecule has 2 aromatic carbocycles. The van der Waals surface area contributed by atoms with E-state index in [4.69, 9.17) is 15.5 Å². The molecule has 112 valence electrons. The molecule has 1 heterocycles. The van der Waals surface area contributed by atoms with Gasteiger partial charge in [-0.15, -0.1) is 11.3 Å². The largest absolute Gasteiger partial charge is 0.496 e. The van der Waals surface area contributed by atoms with Gasteiger partial charge in [0, 0.05) is 23.1 Å². The first-order valence-electron chi connectivity index (χ1n) is 7.11. The number of hydrogen-bond acceptors (Lipinski definition) is 4. The molecule has 0 aliphatic heterocycles. The second-order valence-corrected chi connectivity index (χ2v) is 6.00. The highest BCUT2D eigenvalue weighted by atomic mass is 32.1. The molecule has 0 bridgehead atoms. The van der Waals surface area contributed by atoms with Crippen molar-refractivity contribution in [1.82, 2.24) is 4.98 Å². The third-order valence-corrected chi connectivity index (χ3v) is 4.46. The second-order valence-electron chi connectivity index (χ2n) is 5.14. The van der Waals surface area contributed by atoms with Crippen molar-refractivity contribution in [2.24, 2.45) is 5.73 Å². The first kappa shape index (κ1) is 14.8. The number of hydrogen-bond donors (Lipinski definition) is 1. The summed E-state index contributed by atoms with van der Waals surface area (Å²) in [6, 6.07) is 14.4. The minimum atomic E-state index is 0.559. The Balaban J connectivity index is 1.98. The van der Waals surface area contributed by atoms with E-state index in [0.717, 1.165) is 33.1 Å². The van der Waals surface area contributed by atoms with Crippen LogP contribution in [-0.4, -0.2) is 12.1 Å². The van der Waals surface area contributed by atoms with Crippen molar-refractivity contribution in [1.29, 1.82) is 0 Å². The fourth-order valence-corrected chi connectivity index (χ4v) is 3.16. The van der Waals surface area contributed by atoms with Crippen molar-refractivity contribution < 1.29 is 4.74 Å². The van der Waals surface area contributed by atoms with Crippen molar-refractivity contribution in [3.8, 4) is 27.6 Å². The molecule has 0 fully saturated rings. The molecule has 3 nitrogen and oxygen atoms in total. The second kappa shape index (κ2) is 6.30. The third-order valence-electron chi connectivity index (χ3n) is 3.57. The highest BCUT2D eigenvalue weighted by Crippen LogP contribution is 2.34. The predicted octanol–water partition coefficient (Wildman–Crippen LogP) is 4.25. The number of methoxy groups -OCH3 is 1. The first-order valence-corrected chi connectivity index (χ1v) is 7.99. The smallest absolute Gasteiger partial charge is 0.128 e. The van der Waals surface area contributed by atoms with Crippen LogP contribution in [0.25, 0.3) is 21.8 Å². The summed E-state index contributed by atoms with van der Waals surface area (Å²) in [6.07, 6.45) is 0. The summed E-state index contributed by atoms with van der Waals surface area (Å²) in [7, 11) is 1.69. The van der Waals surface area contributed by atoms with E-state index < -0.39 is 0 Å². The zero-order valence-corrected chi connectivity index (χ0v) is 13.5. The van der Waals surface area contributed by atoms with Crippen LogP contribution in [0.1, 0.15) is 11.1 Å². The molecule has 0 saturated heterocycles. The average molecular weight is 310 g/mol. The minimum absolute atomic E-state index is 0.559. The lowest BCUT2D eigenvalue weighted by molar-refractivity contribution is 0.416. The lowest BCUT2D eigenvalue weighted by Crippen LogP contribution is -1.95. The summed E-state index contributed by atoms with van der Waals surface area (Å²) >= 11 is 1.64. The summed E-state index contributed by atoms with van der Waals surface area (Å²) in [6.45, 7) is 2.63. The molecule has 4 heteroatoms. The van der Waals surface area contributed by atoms with Crippen LogP contribution in [0, 0.1) is 6.92 Å². The molecule has 2 N–H and O–H groups in total. The molecule has 0 saturated carbocycles. The number of nitrogens with two attached hydrogens (primary N) is 1. The van der Waals surface area contributed by atoms with Gasteiger partial charge in [0.15, 0.2) is 0 Å². The molecule has 0 unspecified atom stereocenters. The Bertz CT molecular complexity index is 778. The van der Waals surface area contributed by atoms with Crippen LogP contribution in [-0.2, 0) is 6.54 Å². The lowest BCUT2D eigenvalue weighted by Gasteiger charge is -2.07. The van der Waals surface area contributed by atoms with E-state index in [-0.39, 0.29) is 0 Å². The number of aryl methyl sites for hydroxylation is 1. The Morgan fingerprint density at radius 1 is 1.14 bits per heavy atom. The molecule has 0 aliphatic carbocycles. The van der Waals surface area contributed by atoms with E-state index in [2.05, 4.69) is 30.5 Å². The highest BCUT2D eigenvalue weighted by molar-refractivity contribution is 7.13. The Morgan fingerprint density at radius 2 is 1.91 bits per heavy atom. The topological polar surface area (TPSA) is 48.1 Å². The molecule has 0 aliphatic rings. The molecule has 0 radical (unpaired) electrons. The van der Waals surface area contributed by atoms with Crippen molar-refractivity contribution >= 4 is 11.3 Å². The van der Waals surface area contributed by atoms with E-state index in [1.165, 1.54) is 5.56 Å². The van der Waals surface area contributed by atoms with Crippen LogP contribution in [0.15, 0.2) is 47.8 Å². The van der Waals surface area contributed by atoms with Crippen molar-refractivity contribution in [2.75, 3.05) is 7.11 Å². The van der Waals surface area contributed by atoms with Crippen LogP contribution in [0.5, 0.6) is 5.75 Å². The van der Waals surface area contributed by atoms with Crippen LogP contribution >= 0.6 is 11.3 Å². The van der Waals surface area contributed by atoms with Crippen LogP contribution < -0.4 is 10.5 Å². The SMILES string of the molecule is COc1ccc(C)cc1-c1csc(-c2ccc(CN)cc2)n1. The molecule has 1 aromatic heterocycles.